The van der Waals surface area contributed by atoms with Crippen molar-refractivity contribution in [1.82, 2.24) is 0 Å². The van der Waals surface area contributed by atoms with Crippen LogP contribution in [0.15, 0.2) is 18.2 Å². The minimum Gasteiger partial charge on any atom is -0.327 e. The molecule has 0 heterocycles. The number of carbonyl (C=O) groups is 2. The van der Waals surface area contributed by atoms with Gasteiger partial charge in [-0.25, -0.2) is 0 Å². The summed E-state index contributed by atoms with van der Waals surface area (Å²) < 4.78 is 0. The molecule has 2 amide bonds. The lowest BCUT2D eigenvalue weighted by Gasteiger charge is -2.12. The van der Waals surface area contributed by atoms with E-state index < -0.39 is 0 Å². The first-order valence-electron chi connectivity index (χ1n) is 4.85. The topological polar surface area (TPSA) is 58.2 Å². The molecule has 5 heteroatoms. The normalized spacial score (nSPS) is 10.0. The van der Waals surface area contributed by atoms with E-state index in [9.17, 15) is 9.59 Å². The van der Waals surface area contributed by atoms with E-state index in [2.05, 4.69) is 10.6 Å². The van der Waals surface area contributed by atoms with Gasteiger partial charge < -0.3 is 10.6 Å². The summed E-state index contributed by atoms with van der Waals surface area (Å²) in [6.07, 6.45) is 0.538. The highest BCUT2D eigenvalue weighted by molar-refractivity contribution is 6.31. The van der Waals surface area contributed by atoms with Gasteiger partial charge in [-0.2, -0.15) is 0 Å². The molecule has 0 fully saturated rings. The molecule has 0 saturated carbocycles. The Morgan fingerprint density at radius 3 is 2.62 bits per heavy atom. The van der Waals surface area contributed by atoms with Gasteiger partial charge in [0.25, 0.3) is 0 Å². The molecule has 0 aliphatic carbocycles. The fourth-order valence-corrected chi connectivity index (χ4v) is 1.26. The van der Waals surface area contributed by atoms with Crippen LogP contribution in [0.2, 0.25) is 5.02 Å². The first-order valence-corrected chi connectivity index (χ1v) is 5.23. The molecule has 0 aliphatic rings. The maximum atomic E-state index is 11.5. The van der Waals surface area contributed by atoms with E-state index in [0.717, 1.165) is 0 Å². The third-order valence-corrected chi connectivity index (χ3v) is 2.21. The van der Waals surface area contributed by atoms with Crippen LogP contribution in [0.25, 0.3) is 0 Å². The zero-order valence-electron chi connectivity index (χ0n) is 9.08. The first kappa shape index (κ1) is 12.5. The van der Waals surface area contributed by atoms with E-state index in [-0.39, 0.29) is 11.8 Å². The number of rotatable bonds is 4. The summed E-state index contributed by atoms with van der Waals surface area (Å²) in [6, 6.07) is 4.87. The van der Waals surface area contributed by atoms with Gasteiger partial charge >= 0.3 is 0 Å². The molecule has 1 aromatic rings. The van der Waals surface area contributed by atoms with Gasteiger partial charge in [0.05, 0.1) is 11.4 Å². The Bertz CT molecular complexity index is 405. The average Bonchev–Trinajstić information content (AvgIpc) is 2.22. The van der Waals surface area contributed by atoms with Crippen LogP contribution in [0.1, 0.15) is 13.8 Å². The molecular weight excluding hydrogens is 228 g/mol. The van der Waals surface area contributed by atoms with Gasteiger partial charge in [0, 0.05) is 10.9 Å². The van der Waals surface area contributed by atoms with Crippen molar-refractivity contribution in [2.45, 2.75) is 13.8 Å². The minimum atomic E-state index is -0.125. The van der Waals surface area contributed by atoms with E-state index in [4.69, 9.17) is 11.6 Å². The summed E-state index contributed by atoms with van der Waals surface area (Å²) in [5.41, 5.74) is 1.02. The van der Waals surface area contributed by atoms with Crippen LogP contribution < -0.4 is 10.6 Å². The Hall–Kier alpha value is -1.55. The van der Waals surface area contributed by atoms with Crippen LogP contribution in [0.4, 0.5) is 11.4 Å². The summed E-state index contributed by atoms with van der Waals surface area (Å²) in [5.74, 6) is -0.240. The van der Waals surface area contributed by atoms with E-state index in [0.29, 0.717) is 22.8 Å². The van der Waals surface area contributed by atoms with E-state index in [1.54, 1.807) is 32.0 Å². The molecule has 0 atom stereocenters. The van der Waals surface area contributed by atoms with Crippen molar-refractivity contribution < 1.29 is 9.59 Å². The van der Waals surface area contributed by atoms with E-state index in [1.165, 1.54) is 0 Å². The number of amides is 2. The Morgan fingerprint density at radius 2 is 2.06 bits per heavy atom. The summed E-state index contributed by atoms with van der Waals surface area (Å²) in [4.78, 5) is 21.9. The number of hydrogen-bond donors (Lipinski definition) is 2. The summed E-state index contributed by atoms with van der Waals surface area (Å²) in [7, 11) is 0. The van der Waals surface area contributed by atoms with Crippen molar-refractivity contribution in [2.75, 3.05) is 10.6 Å². The van der Waals surface area contributed by atoms with Crippen molar-refractivity contribution >= 4 is 35.3 Å². The largest absolute Gasteiger partial charge is 0.327 e. The van der Waals surface area contributed by atoms with Crippen molar-refractivity contribution in [1.29, 1.82) is 0 Å². The van der Waals surface area contributed by atoms with Crippen LogP contribution in [0.5, 0.6) is 0 Å². The lowest BCUT2D eigenvalue weighted by molar-refractivity contribution is -0.118. The minimum absolute atomic E-state index is 0.115. The van der Waals surface area contributed by atoms with Crippen molar-refractivity contribution in [3.63, 3.8) is 0 Å². The van der Waals surface area contributed by atoms with E-state index in [1.807, 2.05) is 0 Å². The Balaban J connectivity index is 2.94. The predicted molar refractivity (Wildman–Crippen MR) is 64.6 cm³/mol. The van der Waals surface area contributed by atoms with Crippen molar-refractivity contribution in [3.8, 4) is 0 Å². The molecular formula is C11H13ClN2O2. The molecule has 86 valence electrons. The van der Waals surface area contributed by atoms with Crippen molar-refractivity contribution in [3.05, 3.63) is 23.2 Å². The fraction of sp³-hybridized carbons (Fsp3) is 0.273. The molecule has 0 saturated heterocycles. The lowest BCUT2D eigenvalue weighted by Crippen LogP contribution is -2.18. The average molecular weight is 241 g/mol. The second kappa shape index (κ2) is 5.51. The molecule has 2 N–H and O–H groups in total. The smallest absolute Gasteiger partial charge is 0.226 e. The second-order valence-corrected chi connectivity index (χ2v) is 4.03. The molecule has 1 rings (SSSR count). The highest BCUT2D eigenvalue weighted by Gasteiger charge is 2.10. The number of halogens is 1. The van der Waals surface area contributed by atoms with Crippen molar-refractivity contribution in [2.24, 2.45) is 5.92 Å². The Morgan fingerprint density at radius 1 is 1.38 bits per heavy atom. The number of carbonyl (C=O) groups excluding carboxylic acids is 2. The van der Waals surface area contributed by atoms with Gasteiger partial charge in [-0.1, -0.05) is 25.4 Å². The SMILES string of the molecule is CC(C)C(=O)Nc1ccc(Cl)cc1NC=O. The molecule has 0 spiro atoms. The third kappa shape index (κ3) is 3.24. The molecule has 0 bridgehead atoms. The van der Waals surface area contributed by atoms with Crippen LogP contribution in [0.3, 0.4) is 0 Å². The third-order valence-electron chi connectivity index (χ3n) is 1.98. The maximum absolute atomic E-state index is 11.5. The molecule has 0 aromatic heterocycles. The molecule has 16 heavy (non-hydrogen) atoms. The number of nitrogens with one attached hydrogen (secondary N) is 2. The van der Waals surface area contributed by atoms with Crippen LogP contribution in [-0.2, 0) is 9.59 Å². The first-order chi connectivity index (χ1) is 7.54. The van der Waals surface area contributed by atoms with Gasteiger partial charge in [0.1, 0.15) is 0 Å². The molecule has 0 radical (unpaired) electrons. The van der Waals surface area contributed by atoms with Gasteiger partial charge in [-0.05, 0) is 18.2 Å². The van der Waals surface area contributed by atoms with E-state index >= 15 is 0 Å². The lowest BCUT2D eigenvalue weighted by atomic mass is 10.2. The van der Waals surface area contributed by atoms with Crippen LogP contribution in [0, 0.1) is 5.92 Å². The molecule has 0 aliphatic heterocycles. The number of hydrogen-bond acceptors (Lipinski definition) is 2. The zero-order valence-corrected chi connectivity index (χ0v) is 9.84. The van der Waals surface area contributed by atoms with Crippen LogP contribution >= 0.6 is 11.6 Å². The molecule has 1 aromatic carbocycles. The molecule has 4 nitrogen and oxygen atoms in total. The highest BCUT2D eigenvalue weighted by Crippen LogP contribution is 2.25. The maximum Gasteiger partial charge on any atom is 0.226 e. The van der Waals surface area contributed by atoms with Gasteiger partial charge in [-0.15, -0.1) is 0 Å². The molecule has 0 unspecified atom stereocenters. The monoisotopic (exact) mass is 240 g/mol. The van der Waals surface area contributed by atoms with Crippen LogP contribution in [-0.4, -0.2) is 12.3 Å². The van der Waals surface area contributed by atoms with Gasteiger partial charge in [0.2, 0.25) is 12.3 Å². The predicted octanol–water partition coefficient (Wildman–Crippen LogP) is 2.50. The van der Waals surface area contributed by atoms with Gasteiger partial charge in [-0.3, -0.25) is 9.59 Å². The zero-order chi connectivity index (χ0) is 12.1. The second-order valence-electron chi connectivity index (χ2n) is 3.60. The Labute approximate surface area is 99.0 Å². The van der Waals surface area contributed by atoms with Gasteiger partial charge in [0.15, 0.2) is 0 Å². The number of benzene rings is 1. The summed E-state index contributed by atoms with van der Waals surface area (Å²) in [5, 5.41) is 5.68. The summed E-state index contributed by atoms with van der Waals surface area (Å²) in [6.45, 7) is 3.58. The highest BCUT2D eigenvalue weighted by atomic mass is 35.5. The standard InChI is InChI=1S/C11H13ClN2O2/c1-7(2)11(16)14-9-4-3-8(12)5-10(9)13-6-15/h3-7H,1-2H3,(H,13,15)(H,14,16). The Kier molecular flexibility index (Phi) is 4.31. The number of anilines is 2. The fourth-order valence-electron chi connectivity index (χ4n) is 1.09. The summed E-state index contributed by atoms with van der Waals surface area (Å²) >= 11 is 5.78. The quantitative estimate of drug-likeness (QED) is 0.795.